The van der Waals surface area contributed by atoms with Crippen molar-refractivity contribution in [1.82, 2.24) is 5.32 Å². The van der Waals surface area contributed by atoms with Crippen molar-refractivity contribution in [3.63, 3.8) is 0 Å². The van der Waals surface area contributed by atoms with Crippen molar-refractivity contribution in [2.24, 2.45) is 5.73 Å². The number of nitrogens with two attached hydrogens (primary N) is 1. The molecule has 0 saturated heterocycles. The second-order valence-corrected chi connectivity index (χ2v) is 5.59. The van der Waals surface area contributed by atoms with E-state index in [-0.39, 0.29) is 18.7 Å². The van der Waals surface area contributed by atoms with Crippen LogP contribution < -0.4 is 11.1 Å². The molecule has 1 amide bonds. The minimum Gasteiger partial charge on any atom is -0.475 e. The third-order valence-corrected chi connectivity index (χ3v) is 3.25. The number of carbonyl (C=O) groups excluding carboxylic acids is 1. The molecule has 1 aromatic carbocycles. The summed E-state index contributed by atoms with van der Waals surface area (Å²) < 4.78 is 5.38. The third-order valence-electron chi connectivity index (χ3n) is 3.25. The van der Waals surface area contributed by atoms with Gasteiger partial charge in [-0.05, 0) is 19.9 Å². The Morgan fingerprint density at radius 3 is 2.62 bits per heavy atom. The summed E-state index contributed by atoms with van der Waals surface area (Å²) in [5.41, 5.74) is 5.77. The highest BCUT2D eigenvalue weighted by atomic mass is 16.4. The molecular weight excluding hydrogens is 272 g/mol. The van der Waals surface area contributed by atoms with Crippen molar-refractivity contribution in [2.45, 2.75) is 32.4 Å². The van der Waals surface area contributed by atoms with Crippen LogP contribution >= 0.6 is 0 Å². The molecular formula is C15H18N2O4. The van der Waals surface area contributed by atoms with E-state index in [4.69, 9.17) is 10.2 Å². The van der Waals surface area contributed by atoms with Crippen LogP contribution in [0.3, 0.4) is 0 Å². The lowest BCUT2D eigenvalue weighted by Gasteiger charge is -2.24. The molecule has 0 radical (unpaired) electrons. The second kappa shape index (κ2) is 5.57. The number of rotatable bonds is 6. The Kier molecular flexibility index (Phi) is 3.99. The number of nitrogens with one attached hydrogen (secondary N) is 1. The smallest absolute Gasteiger partial charge is 0.372 e. The van der Waals surface area contributed by atoms with Crippen molar-refractivity contribution in [1.29, 1.82) is 0 Å². The summed E-state index contributed by atoms with van der Waals surface area (Å²) in [4.78, 5) is 22.3. The van der Waals surface area contributed by atoms with Gasteiger partial charge in [0, 0.05) is 29.5 Å². The number of carbonyl (C=O) groups is 2. The molecule has 2 aromatic rings. The van der Waals surface area contributed by atoms with Gasteiger partial charge < -0.3 is 20.6 Å². The van der Waals surface area contributed by atoms with Gasteiger partial charge in [0.2, 0.25) is 11.7 Å². The van der Waals surface area contributed by atoms with Crippen LogP contribution in [-0.2, 0) is 11.3 Å². The van der Waals surface area contributed by atoms with Gasteiger partial charge in [0.05, 0.1) is 0 Å². The predicted molar refractivity (Wildman–Crippen MR) is 77.9 cm³/mol. The van der Waals surface area contributed by atoms with Gasteiger partial charge in [-0.2, -0.15) is 0 Å². The first-order valence-corrected chi connectivity index (χ1v) is 6.57. The molecule has 0 fully saturated rings. The Morgan fingerprint density at radius 2 is 2.00 bits per heavy atom. The molecule has 0 aliphatic heterocycles. The van der Waals surface area contributed by atoms with Crippen molar-refractivity contribution < 1.29 is 19.1 Å². The SMILES string of the molecule is CC(C)(CC(N)=O)NCc1c(C(=O)O)oc2ccccc12. The fourth-order valence-electron chi connectivity index (χ4n) is 2.27. The number of aromatic carboxylic acids is 1. The summed E-state index contributed by atoms with van der Waals surface area (Å²) in [7, 11) is 0. The number of furan rings is 1. The van der Waals surface area contributed by atoms with E-state index in [1.807, 2.05) is 26.0 Å². The topological polar surface area (TPSA) is 106 Å². The monoisotopic (exact) mass is 290 g/mol. The average Bonchev–Trinajstić information content (AvgIpc) is 2.74. The van der Waals surface area contributed by atoms with Crippen LogP contribution in [0.4, 0.5) is 0 Å². The first kappa shape index (κ1) is 15.1. The fourth-order valence-corrected chi connectivity index (χ4v) is 2.27. The summed E-state index contributed by atoms with van der Waals surface area (Å²) in [6, 6.07) is 7.14. The zero-order valence-electron chi connectivity index (χ0n) is 12.0. The number of hydrogen-bond donors (Lipinski definition) is 3. The van der Waals surface area contributed by atoms with Crippen LogP contribution in [0, 0.1) is 0 Å². The van der Waals surface area contributed by atoms with Gasteiger partial charge in [-0.15, -0.1) is 0 Å². The first-order chi connectivity index (χ1) is 9.80. The Labute approximate surface area is 121 Å². The number of hydrogen-bond acceptors (Lipinski definition) is 4. The highest BCUT2D eigenvalue weighted by Crippen LogP contribution is 2.26. The van der Waals surface area contributed by atoms with E-state index in [2.05, 4.69) is 5.32 Å². The van der Waals surface area contributed by atoms with Crippen molar-refractivity contribution in [3.8, 4) is 0 Å². The quantitative estimate of drug-likeness (QED) is 0.753. The molecule has 0 aliphatic carbocycles. The summed E-state index contributed by atoms with van der Waals surface area (Å²) in [5.74, 6) is -1.61. The summed E-state index contributed by atoms with van der Waals surface area (Å²) in [6.07, 6.45) is 0.158. The molecule has 0 atom stereocenters. The normalized spacial score (nSPS) is 11.7. The standard InChI is InChI=1S/C15H18N2O4/c1-15(2,7-12(16)18)17-8-10-9-5-3-4-6-11(9)21-13(10)14(19)20/h3-6,17H,7-8H2,1-2H3,(H2,16,18)(H,19,20). The molecule has 0 saturated carbocycles. The van der Waals surface area contributed by atoms with E-state index in [0.717, 1.165) is 5.39 Å². The van der Waals surface area contributed by atoms with Gasteiger partial charge in [0.1, 0.15) is 5.58 Å². The lowest BCUT2D eigenvalue weighted by Crippen LogP contribution is -2.42. The molecule has 6 nitrogen and oxygen atoms in total. The summed E-state index contributed by atoms with van der Waals surface area (Å²) >= 11 is 0. The molecule has 1 heterocycles. The maximum Gasteiger partial charge on any atom is 0.372 e. The first-order valence-electron chi connectivity index (χ1n) is 6.57. The maximum atomic E-state index is 11.3. The maximum absolute atomic E-state index is 11.3. The highest BCUT2D eigenvalue weighted by molar-refractivity contribution is 5.95. The summed E-state index contributed by atoms with van der Waals surface area (Å²) in [5, 5.41) is 13.1. The van der Waals surface area contributed by atoms with Crippen LogP contribution in [0.15, 0.2) is 28.7 Å². The number of amides is 1. The minimum absolute atomic E-state index is 0.0847. The number of carboxylic acid groups (broad SMARTS) is 1. The predicted octanol–water partition coefficient (Wildman–Crippen LogP) is 1.87. The molecule has 0 aliphatic rings. The zero-order chi connectivity index (χ0) is 15.6. The van der Waals surface area contributed by atoms with E-state index in [0.29, 0.717) is 11.1 Å². The number of para-hydroxylation sites is 1. The lowest BCUT2D eigenvalue weighted by atomic mass is 9.99. The van der Waals surface area contributed by atoms with E-state index in [1.54, 1.807) is 12.1 Å². The van der Waals surface area contributed by atoms with Crippen LogP contribution in [0.5, 0.6) is 0 Å². The van der Waals surface area contributed by atoms with E-state index in [9.17, 15) is 14.7 Å². The van der Waals surface area contributed by atoms with Gasteiger partial charge in [-0.25, -0.2) is 4.79 Å². The molecule has 0 spiro atoms. The fraction of sp³-hybridized carbons (Fsp3) is 0.333. The summed E-state index contributed by atoms with van der Waals surface area (Å²) in [6.45, 7) is 3.94. The Hall–Kier alpha value is -2.34. The Balaban J connectivity index is 2.31. The third kappa shape index (κ3) is 3.41. The molecule has 0 bridgehead atoms. The van der Waals surface area contributed by atoms with Crippen molar-refractivity contribution in [3.05, 3.63) is 35.6 Å². The Bertz CT molecular complexity index is 688. The number of carboxylic acids is 1. The number of primary amides is 1. The van der Waals surface area contributed by atoms with Crippen molar-refractivity contribution >= 4 is 22.8 Å². The van der Waals surface area contributed by atoms with Crippen LogP contribution in [-0.4, -0.2) is 22.5 Å². The molecule has 6 heteroatoms. The van der Waals surface area contributed by atoms with Gasteiger partial charge in [0.15, 0.2) is 0 Å². The highest BCUT2D eigenvalue weighted by Gasteiger charge is 2.24. The van der Waals surface area contributed by atoms with Crippen molar-refractivity contribution in [2.75, 3.05) is 0 Å². The van der Waals surface area contributed by atoms with Gasteiger partial charge in [-0.1, -0.05) is 18.2 Å². The second-order valence-electron chi connectivity index (χ2n) is 5.59. The molecule has 112 valence electrons. The minimum atomic E-state index is -1.12. The largest absolute Gasteiger partial charge is 0.475 e. The molecule has 4 N–H and O–H groups in total. The molecule has 21 heavy (non-hydrogen) atoms. The number of fused-ring (bicyclic) bond motifs is 1. The molecule has 1 aromatic heterocycles. The Morgan fingerprint density at radius 1 is 1.33 bits per heavy atom. The van der Waals surface area contributed by atoms with Gasteiger partial charge in [-0.3, -0.25) is 4.79 Å². The van der Waals surface area contributed by atoms with Crippen LogP contribution in [0.1, 0.15) is 36.4 Å². The van der Waals surface area contributed by atoms with Gasteiger partial charge in [0.25, 0.3) is 0 Å². The lowest BCUT2D eigenvalue weighted by molar-refractivity contribution is -0.119. The van der Waals surface area contributed by atoms with E-state index < -0.39 is 17.4 Å². The van der Waals surface area contributed by atoms with Crippen LogP contribution in [0.25, 0.3) is 11.0 Å². The van der Waals surface area contributed by atoms with Crippen LogP contribution in [0.2, 0.25) is 0 Å². The number of benzene rings is 1. The van der Waals surface area contributed by atoms with E-state index in [1.165, 1.54) is 0 Å². The van der Waals surface area contributed by atoms with E-state index >= 15 is 0 Å². The molecule has 0 unspecified atom stereocenters. The molecule has 2 rings (SSSR count). The van der Waals surface area contributed by atoms with Gasteiger partial charge >= 0.3 is 5.97 Å². The zero-order valence-corrected chi connectivity index (χ0v) is 12.0. The average molecular weight is 290 g/mol.